The minimum Gasteiger partial charge on any atom is -0.411 e. The van der Waals surface area contributed by atoms with Crippen LogP contribution in [0.2, 0.25) is 98.2 Å². The fourth-order valence-corrected chi connectivity index (χ4v) is 72.4. The molecule has 0 spiro atoms. The molecule has 0 aromatic rings. The highest BCUT2D eigenvalue weighted by molar-refractivity contribution is 7.71. The van der Waals surface area contributed by atoms with Gasteiger partial charge in [0, 0.05) is 5.57 Å². The van der Waals surface area contributed by atoms with Crippen LogP contribution in [0, 0.1) is 16.9 Å². The summed E-state index contributed by atoms with van der Waals surface area (Å²) in [5.74, 6) is 4.00. The van der Waals surface area contributed by atoms with E-state index in [1.165, 1.54) is 5.57 Å². The lowest BCUT2D eigenvalue weighted by atomic mass is 9.84. The van der Waals surface area contributed by atoms with Gasteiger partial charge in [-0.2, -0.15) is 0 Å². The first-order chi connectivity index (χ1) is 13.2. The molecule has 0 aliphatic carbocycles. The van der Waals surface area contributed by atoms with E-state index in [-0.39, 0.29) is 10.6 Å². The van der Waals surface area contributed by atoms with E-state index in [9.17, 15) is 0 Å². The van der Waals surface area contributed by atoms with E-state index >= 15 is 0 Å². The summed E-state index contributed by atoms with van der Waals surface area (Å²) in [6, 6.07) is 0. The van der Waals surface area contributed by atoms with Crippen LogP contribution < -0.4 is 0 Å². The van der Waals surface area contributed by atoms with Crippen molar-refractivity contribution in [1.29, 1.82) is 0 Å². The first-order valence-corrected chi connectivity index (χ1v) is 33.6. The van der Waals surface area contributed by atoms with Gasteiger partial charge in [-0.05, 0) is 5.41 Å². The molecule has 1 aliphatic rings. The molecule has 0 bridgehead atoms. The number of hydrogen-bond donors (Lipinski definition) is 0. The molecule has 0 aromatic heterocycles. The molecule has 1 atom stereocenters. The van der Waals surface area contributed by atoms with Crippen molar-refractivity contribution in [1.82, 2.24) is 0 Å². The maximum absolute atomic E-state index is 8.11. The molecule has 1 aliphatic heterocycles. The van der Waals surface area contributed by atoms with Gasteiger partial charge in [-0.1, -0.05) is 130 Å². The molecule has 0 aromatic carbocycles. The van der Waals surface area contributed by atoms with Gasteiger partial charge < -0.3 is 4.43 Å². The van der Waals surface area contributed by atoms with Gasteiger partial charge in [-0.25, -0.2) is 0 Å². The summed E-state index contributed by atoms with van der Waals surface area (Å²) in [6.07, 6.45) is 0. The van der Waals surface area contributed by atoms with Crippen LogP contribution in [0.3, 0.4) is 0 Å². The topological polar surface area (TPSA) is 9.23 Å². The van der Waals surface area contributed by atoms with Gasteiger partial charge >= 0.3 is 0 Å². The molecular weight excluding hydrogens is 473 g/mol. The zero-order valence-electron chi connectivity index (χ0n) is 24.4. The fraction of sp³-hybridized carbons (Fsp3) is 0.833. The Kier molecular flexibility index (Phi) is 7.69. The Bertz CT molecular complexity index is 760. The van der Waals surface area contributed by atoms with Crippen LogP contribution in [0.25, 0.3) is 0 Å². The molecule has 1 nitrogen and oxygen atoms in total. The van der Waals surface area contributed by atoms with E-state index in [1.54, 1.807) is 0 Å². The SMILES string of the molecule is CC(C)(C)[C@]1([Si](C)(C)C)O[Si]([Si](C)(C)C)([Si](C)(C)C)C([Si](C)(C)C)=C1C#C[Si](C)(C)C. The zero-order chi connectivity index (χ0) is 25.3. The second kappa shape index (κ2) is 8.06. The predicted octanol–water partition coefficient (Wildman–Crippen LogP) is 8.05. The lowest BCUT2D eigenvalue weighted by Crippen LogP contribution is -2.78. The van der Waals surface area contributed by atoms with Crippen molar-refractivity contribution < 1.29 is 4.43 Å². The highest BCUT2D eigenvalue weighted by Gasteiger charge is 2.73. The molecule has 1 heterocycles. The minimum absolute atomic E-state index is 0.0415. The minimum atomic E-state index is -2.15. The van der Waals surface area contributed by atoms with Crippen molar-refractivity contribution in [3.8, 4) is 11.5 Å². The molecular formula is C24H54OSi6. The van der Waals surface area contributed by atoms with Crippen molar-refractivity contribution >= 4 is 46.8 Å². The Morgan fingerprint density at radius 3 is 1.32 bits per heavy atom. The zero-order valence-corrected chi connectivity index (χ0v) is 30.4. The molecule has 1 rings (SSSR count). The maximum atomic E-state index is 8.11. The highest BCUT2D eigenvalue weighted by Crippen LogP contribution is 2.59. The van der Waals surface area contributed by atoms with Gasteiger partial charge in [0.25, 0.3) is 0 Å². The van der Waals surface area contributed by atoms with E-state index in [0.29, 0.717) is 0 Å². The highest BCUT2D eigenvalue weighted by atomic mass is 29.7. The molecule has 0 radical (unpaired) electrons. The number of rotatable bonds is 4. The summed E-state index contributed by atoms with van der Waals surface area (Å²) in [5, 5.41) is -0.185. The average Bonchev–Trinajstić information content (AvgIpc) is 2.75. The summed E-state index contributed by atoms with van der Waals surface area (Å²) < 4.78 is 8.11. The second-order valence-corrected chi connectivity index (χ2v) is 57.2. The Hall–Kier alpha value is 0.561. The monoisotopic (exact) mass is 526 g/mol. The summed E-state index contributed by atoms with van der Waals surface area (Å²) in [5.41, 5.74) is 5.41. The van der Waals surface area contributed by atoms with Crippen LogP contribution in [0.5, 0.6) is 0 Å². The Balaban J connectivity index is 4.53. The Morgan fingerprint density at radius 1 is 0.710 bits per heavy atom. The quantitative estimate of drug-likeness (QED) is 0.266. The first kappa shape index (κ1) is 29.6. The van der Waals surface area contributed by atoms with Crippen molar-refractivity contribution in [2.45, 2.75) is 124 Å². The van der Waals surface area contributed by atoms with Crippen molar-refractivity contribution in [3.63, 3.8) is 0 Å². The smallest absolute Gasteiger partial charge is 0.190 e. The summed E-state index contributed by atoms with van der Waals surface area (Å²) in [6.45, 7) is 45.7. The molecule has 0 fully saturated rings. The van der Waals surface area contributed by atoms with Crippen LogP contribution in [0.1, 0.15) is 20.8 Å². The van der Waals surface area contributed by atoms with Crippen LogP contribution >= 0.6 is 0 Å². The lowest BCUT2D eigenvalue weighted by molar-refractivity contribution is 0.0781. The molecule has 0 saturated heterocycles. The van der Waals surface area contributed by atoms with Crippen LogP contribution in [0.4, 0.5) is 0 Å². The standard InChI is InChI=1S/C24H54OSi6/c1-23(2,3)24(28(10,11)12)21(19-20-26(4,5)6)22(27(7,8)9)31(25-24,29(13,14)15)30(16,17)18/h1-18H3/t24-/m0/s1. The van der Waals surface area contributed by atoms with Gasteiger partial charge in [0.05, 0.1) is 36.6 Å². The average molecular weight is 527 g/mol. The van der Waals surface area contributed by atoms with Crippen LogP contribution in [-0.2, 0) is 4.43 Å². The molecule has 180 valence electrons. The summed E-state index contributed by atoms with van der Waals surface area (Å²) in [7, 11) is -10.4. The van der Waals surface area contributed by atoms with Gasteiger partial charge in [-0.15, -0.1) is 5.54 Å². The van der Waals surface area contributed by atoms with E-state index in [2.05, 4.69) is 130 Å². The fourth-order valence-electron chi connectivity index (χ4n) is 6.35. The summed E-state index contributed by atoms with van der Waals surface area (Å²) >= 11 is 0. The van der Waals surface area contributed by atoms with E-state index in [0.717, 1.165) is 0 Å². The normalized spacial score (nSPS) is 23.7. The Morgan fingerprint density at radius 2 is 1.10 bits per heavy atom. The van der Waals surface area contributed by atoms with E-state index in [1.807, 2.05) is 4.82 Å². The largest absolute Gasteiger partial charge is 0.411 e. The van der Waals surface area contributed by atoms with Crippen molar-refractivity contribution in [3.05, 3.63) is 10.4 Å². The van der Waals surface area contributed by atoms with Gasteiger partial charge in [0.1, 0.15) is 8.07 Å². The third-order valence-electron chi connectivity index (χ3n) is 6.80. The van der Waals surface area contributed by atoms with E-state index < -0.39 is 46.8 Å². The second-order valence-electron chi connectivity index (χ2n) is 16.0. The van der Waals surface area contributed by atoms with Crippen LogP contribution in [0.15, 0.2) is 10.4 Å². The van der Waals surface area contributed by atoms with Gasteiger partial charge in [0.15, 0.2) is 7.35 Å². The predicted molar refractivity (Wildman–Crippen MR) is 161 cm³/mol. The molecule has 0 amide bonds. The molecule has 0 unspecified atom stereocenters. The van der Waals surface area contributed by atoms with Crippen molar-refractivity contribution in [2.75, 3.05) is 0 Å². The van der Waals surface area contributed by atoms with Gasteiger partial charge in [0.2, 0.25) is 0 Å². The molecule has 0 N–H and O–H groups in total. The van der Waals surface area contributed by atoms with Crippen LogP contribution in [-0.4, -0.2) is 52.0 Å². The van der Waals surface area contributed by atoms with Gasteiger partial charge in [-0.3, -0.25) is 0 Å². The third-order valence-corrected chi connectivity index (χ3v) is 51.7. The third kappa shape index (κ3) is 5.01. The molecule has 31 heavy (non-hydrogen) atoms. The Labute approximate surface area is 202 Å². The maximum Gasteiger partial charge on any atom is 0.190 e. The first-order valence-electron chi connectivity index (χ1n) is 12.2. The van der Waals surface area contributed by atoms with Crippen molar-refractivity contribution in [2.24, 2.45) is 5.41 Å². The number of hydrogen-bond acceptors (Lipinski definition) is 1. The molecule has 7 heteroatoms. The molecule has 0 saturated carbocycles. The summed E-state index contributed by atoms with van der Waals surface area (Å²) in [4.78, 5) is 1.85. The van der Waals surface area contributed by atoms with E-state index in [4.69, 9.17) is 4.43 Å². The lowest BCUT2D eigenvalue weighted by Gasteiger charge is -2.57.